The standard InChI is InChI=1S/C14H21N3O2S/c1-11(2)17(4)20(18,19)16-14-8-7-13(6-5-9-15)12(3)10-14/h7-8,10-11,16H,9,15H2,1-4H3. The van der Waals surface area contributed by atoms with E-state index in [2.05, 4.69) is 16.6 Å². The second-order valence-corrected chi connectivity index (χ2v) is 6.48. The third kappa shape index (κ3) is 4.23. The van der Waals surface area contributed by atoms with E-state index in [0.717, 1.165) is 11.1 Å². The number of hydrogen-bond acceptors (Lipinski definition) is 3. The molecule has 3 N–H and O–H groups in total. The molecular formula is C14H21N3O2S. The summed E-state index contributed by atoms with van der Waals surface area (Å²) in [6, 6.07) is 5.12. The van der Waals surface area contributed by atoms with Crippen LogP contribution in [0, 0.1) is 18.8 Å². The Hall–Kier alpha value is -1.55. The van der Waals surface area contributed by atoms with Gasteiger partial charge in [0.2, 0.25) is 0 Å². The van der Waals surface area contributed by atoms with E-state index in [1.165, 1.54) is 4.31 Å². The van der Waals surface area contributed by atoms with Crippen LogP contribution in [0.1, 0.15) is 25.0 Å². The molecule has 0 heterocycles. The zero-order chi connectivity index (χ0) is 15.3. The van der Waals surface area contributed by atoms with Gasteiger partial charge in [0.1, 0.15) is 0 Å². The summed E-state index contributed by atoms with van der Waals surface area (Å²) in [6.07, 6.45) is 0. The minimum Gasteiger partial charge on any atom is -0.320 e. The Morgan fingerprint density at radius 1 is 1.40 bits per heavy atom. The van der Waals surface area contributed by atoms with E-state index in [-0.39, 0.29) is 6.04 Å². The molecule has 20 heavy (non-hydrogen) atoms. The van der Waals surface area contributed by atoms with Crippen molar-refractivity contribution in [2.24, 2.45) is 5.73 Å². The van der Waals surface area contributed by atoms with E-state index in [4.69, 9.17) is 5.73 Å². The maximum absolute atomic E-state index is 12.1. The average molecular weight is 295 g/mol. The predicted molar refractivity (Wildman–Crippen MR) is 82.6 cm³/mol. The molecule has 1 aromatic carbocycles. The summed E-state index contributed by atoms with van der Waals surface area (Å²) in [7, 11) is -1.99. The minimum atomic E-state index is -3.53. The molecule has 0 fully saturated rings. The zero-order valence-electron chi connectivity index (χ0n) is 12.3. The summed E-state index contributed by atoms with van der Waals surface area (Å²) < 4.78 is 28.0. The van der Waals surface area contributed by atoms with E-state index >= 15 is 0 Å². The Morgan fingerprint density at radius 2 is 2.05 bits per heavy atom. The van der Waals surface area contributed by atoms with Crippen molar-refractivity contribution in [1.82, 2.24) is 4.31 Å². The topological polar surface area (TPSA) is 75.4 Å². The summed E-state index contributed by atoms with van der Waals surface area (Å²) in [4.78, 5) is 0. The Morgan fingerprint density at radius 3 is 2.55 bits per heavy atom. The summed E-state index contributed by atoms with van der Waals surface area (Å²) in [5, 5.41) is 0. The molecule has 0 aliphatic heterocycles. The molecule has 0 amide bonds. The molecule has 0 aliphatic carbocycles. The third-order valence-electron chi connectivity index (χ3n) is 2.90. The molecule has 0 aliphatic rings. The highest BCUT2D eigenvalue weighted by atomic mass is 32.2. The first-order valence-electron chi connectivity index (χ1n) is 6.33. The molecule has 0 bridgehead atoms. The summed E-state index contributed by atoms with van der Waals surface area (Å²) in [5.41, 5.74) is 7.60. The maximum Gasteiger partial charge on any atom is 0.301 e. The lowest BCUT2D eigenvalue weighted by Crippen LogP contribution is -2.37. The summed E-state index contributed by atoms with van der Waals surface area (Å²) >= 11 is 0. The quantitative estimate of drug-likeness (QED) is 0.822. The molecule has 0 atom stereocenters. The van der Waals surface area contributed by atoms with Crippen molar-refractivity contribution in [3.63, 3.8) is 0 Å². The maximum atomic E-state index is 12.1. The Balaban J connectivity index is 2.98. The van der Waals surface area contributed by atoms with Crippen molar-refractivity contribution in [2.45, 2.75) is 26.8 Å². The molecule has 110 valence electrons. The van der Waals surface area contributed by atoms with Crippen LogP contribution in [0.25, 0.3) is 0 Å². The van der Waals surface area contributed by atoms with Crippen LogP contribution in [0.4, 0.5) is 5.69 Å². The summed E-state index contributed by atoms with van der Waals surface area (Å²) in [5.74, 6) is 5.72. The van der Waals surface area contributed by atoms with E-state index in [9.17, 15) is 8.42 Å². The van der Waals surface area contributed by atoms with Gasteiger partial charge in [-0.2, -0.15) is 12.7 Å². The first kappa shape index (κ1) is 16.5. The number of nitrogens with zero attached hydrogens (tertiary/aromatic N) is 1. The van der Waals surface area contributed by atoms with E-state index in [1.807, 2.05) is 20.8 Å². The van der Waals surface area contributed by atoms with Crippen molar-refractivity contribution in [1.29, 1.82) is 0 Å². The zero-order valence-corrected chi connectivity index (χ0v) is 13.1. The lowest BCUT2D eigenvalue weighted by molar-refractivity contribution is 0.414. The lowest BCUT2D eigenvalue weighted by Gasteiger charge is -2.21. The fraction of sp³-hybridized carbons (Fsp3) is 0.429. The van der Waals surface area contributed by atoms with Crippen molar-refractivity contribution in [3.05, 3.63) is 29.3 Å². The number of anilines is 1. The highest BCUT2D eigenvalue weighted by Crippen LogP contribution is 2.17. The molecule has 0 saturated carbocycles. The van der Waals surface area contributed by atoms with Gasteiger partial charge in [-0.1, -0.05) is 11.8 Å². The van der Waals surface area contributed by atoms with Gasteiger partial charge >= 0.3 is 10.2 Å². The normalized spacial score (nSPS) is 11.3. The van der Waals surface area contributed by atoms with Gasteiger partial charge in [0, 0.05) is 18.7 Å². The van der Waals surface area contributed by atoms with Crippen LogP contribution >= 0.6 is 0 Å². The Bertz CT molecular complexity index is 628. The fourth-order valence-electron chi connectivity index (χ4n) is 1.51. The fourth-order valence-corrected chi connectivity index (χ4v) is 2.64. The highest BCUT2D eigenvalue weighted by Gasteiger charge is 2.20. The van der Waals surface area contributed by atoms with Crippen LogP contribution in [0.5, 0.6) is 0 Å². The molecule has 0 aromatic heterocycles. The number of hydrogen-bond donors (Lipinski definition) is 2. The van der Waals surface area contributed by atoms with Crippen molar-refractivity contribution >= 4 is 15.9 Å². The second-order valence-electron chi connectivity index (χ2n) is 4.75. The molecule has 0 unspecified atom stereocenters. The van der Waals surface area contributed by atoms with Crippen LogP contribution in [0.2, 0.25) is 0 Å². The average Bonchev–Trinajstić information content (AvgIpc) is 2.36. The lowest BCUT2D eigenvalue weighted by atomic mass is 10.1. The molecule has 0 radical (unpaired) electrons. The first-order valence-corrected chi connectivity index (χ1v) is 7.77. The van der Waals surface area contributed by atoms with Crippen LogP contribution in [0.15, 0.2) is 18.2 Å². The molecule has 1 rings (SSSR count). The second kappa shape index (κ2) is 6.75. The smallest absolute Gasteiger partial charge is 0.301 e. The van der Waals surface area contributed by atoms with Crippen molar-refractivity contribution in [3.8, 4) is 11.8 Å². The van der Waals surface area contributed by atoms with Crippen LogP contribution < -0.4 is 10.5 Å². The molecule has 0 spiro atoms. The molecular weight excluding hydrogens is 274 g/mol. The number of aryl methyl sites for hydroxylation is 1. The number of nitrogens with two attached hydrogens (primary N) is 1. The van der Waals surface area contributed by atoms with Gasteiger partial charge in [0.15, 0.2) is 0 Å². The van der Waals surface area contributed by atoms with Gasteiger partial charge in [-0.25, -0.2) is 0 Å². The van der Waals surface area contributed by atoms with Gasteiger partial charge in [-0.05, 0) is 44.5 Å². The van der Waals surface area contributed by atoms with E-state index in [0.29, 0.717) is 12.2 Å². The number of nitrogens with one attached hydrogen (secondary N) is 1. The molecule has 5 nitrogen and oxygen atoms in total. The first-order chi connectivity index (χ1) is 9.27. The number of benzene rings is 1. The Labute approximate surface area is 121 Å². The van der Waals surface area contributed by atoms with E-state index < -0.39 is 10.2 Å². The summed E-state index contributed by atoms with van der Waals surface area (Å²) in [6.45, 7) is 5.81. The van der Waals surface area contributed by atoms with Gasteiger partial charge < -0.3 is 5.73 Å². The largest absolute Gasteiger partial charge is 0.320 e. The third-order valence-corrected chi connectivity index (χ3v) is 4.58. The van der Waals surface area contributed by atoms with Crippen LogP contribution in [-0.2, 0) is 10.2 Å². The van der Waals surface area contributed by atoms with Gasteiger partial charge in [0.25, 0.3) is 0 Å². The van der Waals surface area contributed by atoms with Gasteiger partial charge in [0.05, 0.1) is 12.2 Å². The van der Waals surface area contributed by atoms with Crippen LogP contribution in [-0.4, -0.2) is 32.4 Å². The van der Waals surface area contributed by atoms with E-state index in [1.54, 1.807) is 25.2 Å². The van der Waals surface area contributed by atoms with Crippen molar-refractivity contribution in [2.75, 3.05) is 18.3 Å². The minimum absolute atomic E-state index is 0.108. The SMILES string of the molecule is Cc1cc(NS(=O)(=O)N(C)C(C)C)ccc1C#CCN. The van der Waals surface area contributed by atoms with Gasteiger partial charge in [-0.3, -0.25) is 4.72 Å². The van der Waals surface area contributed by atoms with Gasteiger partial charge in [-0.15, -0.1) is 0 Å². The van der Waals surface area contributed by atoms with Crippen LogP contribution in [0.3, 0.4) is 0 Å². The molecule has 0 saturated heterocycles. The predicted octanol–water partition coefficient (Wildman–Crippen LogP) is 1.30. The highest BCUT2D eigenvalue weighted by molar-refractivity contribution is 7.90. The van der Waals surface area contributed by atoms with Crippen molar-refractivity contribution < 1.29 is 8.42 Å². The number of rotatable bonds is 4. The monoisotopic (exact) mass is 295 g/mol. The molecule has 6 heteroatoms. The Kier molecular flexibility index (Phi) is 5.57. The molecule has 1 aromatic rings.